The number of piperidine rings is 1. The van der Waals surface area contributed by atoms with Gasteiger partial charge in [-0.05, 0) is 25.0 Å². The number of fused-ring (bicyclic) bond motifs is 1. The van der Waals surface area contributed by atoms with Crippen molar-refractivity contribution in [2.45, 2.75) is 31.3 Å². The van der Waals surface area contributed by atoms with Gasteiger partial charge in [-0.3, -0.25) is 14.4 Å². The molecule has 1 N–H and O–H groups in total. The van der Waals surface area contributed by atoms with E-state index < -0.39 is 0 Å². The van der Waals surface area contributed by atoms with Crippen molar-refractivity contribution >= 4 is 22.8 Å². The minimum Gasteiger partial charge on any atom is -0.363 e. The van der Waals surface area contributed by atoms with E-state index in [2.05, 4.69) is 9.97 Å². The molecule has 0 unspecified atom stereocenters. The van der Waals surface area contributed by atoms with Crippen LogP contribution in [0.4, 0.5) is 0 Å². The lowest BCUT2D eigenvalue weighted by molar-refractivity contribution is -0.170. The SMILES string of the molecule is CN1CC2(CCN(C(=O)CCc3nc4ccccc4[nH]c3=O)CC2)OCC1=O. The van der Waals surface area contributed by atoms with Crippen molar-refractivity contribution in [3.63, 3.8) is 0 Å². The maximum absolute atomic E-state index is 12.6. The summed E-state index contributed by atoms with van der Waals surface area (Å²) in [5.74, 6) is 0.0155. The molecule has 2 aliphatic rings. The van der Waals surface area contributed by atoms with Gasteiger partial charge >= 0.3 is 0 Å². The summed E-state index contributed by atoms with van der Waals surface area (Å²) < 4.78 is 5.82. The number of para-hydroxylation sites is 2. The van der Waals surface area contributed by atoms with Gasteiger partial charge in [-0.2, -0.15) is 0 Å². The number of aromatic nitrogens is 2. The van der Waals surface area contributed by atoms with Gasteiger partial charge in [0.2, 0.25) is 11.8 Å². The number of benzene rings is 1. The van der Waals surface area contributed by atoms with Crippen molar-refractivity contribution < 1.29 is 14.3 Å². The van der Waals surface area contributed by atoms with Crippen LogP contribution in [0.5, 0.6) is 0 Å². The fourth-order valence-corrected chi connectivity index (χ4v) is 3.98. The van der Waals surface area contributed by atoms with Crippen molar-refractivity contribution in [2.24, 2.45) is 0 Å². The number of amides is 2. The molecule has 2 fully saturated rings. The van der Waals surface area contributed by atoms with Crippen LogP contribution in [0.1, 0.15) is 25.0 Å². The summed E-state index contributed by atoms with van der Waals surface area (Å²) in [7, 11) is 1.79. The summed E-state index contributed by atoms with van der Waals surface area (Å²) in [6, 6.07) is 7.35. The minimum absolute atomic E-state index is 0.00256. The van der Waals surface area contributed by atoms with Crippen LogP contribution in [0.3, 0.4) is 0 Å². The van der Waals surface area contributed by atoms with E-state index in [1.807, 2.05) is 23.1 Å². The quantitative estimate of drug-likeness (QED) is 0.841. The number of aryl methyl sites for hydroxylation is 1. The average molecular weight is 384 g/mol. The first-order valence-corrected chi connectivity index (χ1v) is 9.59. The predicted molar refractivity (Wildman–Crippen MR) is 103 cm³/mol. The van der Waals surface area contributed by atoms with Crippen molar-refractivity contribution in [3.8, 4) is 0 Å². The van der Waals surface area contributed by atoms with E-state index in [-0.39, 0.29) is 36.0 Å². The summed E-state index contributed by atoms with van der Waals surface area (Å²) >= 11 is 0. The Morgan fingerprint density at radius 3 is 2.75 bits per heavy atom. The van der Waals surface area contributed by atoms with Crippen LogP contribution >= 0.6 is 0 Å². The van der Waals surface area contributed by atoms with E-state index in [0.29, 0.717) is 50.1 Å². The average Bonchev–Trinajstić information content (AvgIpc) is 2.70. The van der Waals surface area contributed by atoms with Crippen LogP contribution in [0.25, 0.3) is 11.0 Å². The fraction of sp³-hybridized carbons (Fsp3) is 0.500. The highest BCUT2D eigenvalue weighted by Crippen LogP contribution is 2.30. The Hall–Kier alpha value is -2.74. The van der Waals surface area contributed by atoms with Crippen LogP contribution in [0.15, 0.2) is 29.1 Å². The minimum atomic E-state index is -0.337. The zero-order valence-corrected chi connectivity index (χ0v) is 15.9. The number of likely N-dealkylation sites (tertiary alicyclic amines) is 1. The number of nitrogens with one attached hydrogen (secondary N) is 1. The molecule has 1 aromatic heterocycles. The molecule has 2 amide bonds. The van der Waals surface area contributed by atoms with Crippen LogP contribution in [0, 0.1) is 0 Å². The van der Waals surface area contributed by atoms with Crippen molar-refractivity contribution in [2.75, 3.05) is 33.3 Å². The van der Waals surface area contributed by atoms with E-state index in [9.17, 15) is 14.4 Å². The molecule has 28 heavy (non-hydrogen) atoms. The van der Waals surface area contributed by atoms with Gasteiger partial charge in [0.15, 0.2) is 0 Å². The zero-order chi connectivity index (χ0) is 19.7. The molecule has 0 radical (unpaired) electrons. The summed E-state index contributed by atoms with van der Waals surface area (Å²) in [4.78, 5) is 47.2. The van der Waals surface area contributed by atoms with Gasteiger partial charge in [0.05, 0.1) is 16.6 Å². The van der Waals surface area contributed by atoms with E-state index in [1.165, 1.54) is 0 Å². The molecular weight excluding hydrogens is 360 g/mol. The van der Waals surface area contributed by atoms with Gasteiger partial charge in [-0.1, -0.05) is 12.1 Å². The number of likely N-dealkylation sites (N-methyl/N-ethyl adjacent to an activating group) is 1. The Morgan fingerprint density at radius 1 is 1.25 bits per heavy atom. The number of hydrogen-bond donors (Lipinski definition) is 1. The highest BCUT2D eigenvalue weighted by atomic mass is 16.5. The molecule has 2 aromatic rings. The predicted octanol–water partition coefficient (Wildman–Crippen LogP) is 0.705. The van der Waals surface area contributed by atoms with Crippen LogP contribution in [-0.2, 0) is 20.7 Å². The number of carbonyl (C=O) groups is 2. The van der Waals surface area contributed by atoms with Crippen LogP contribution in [-0.4, -0.2) is 70.5 Å². The molecule has 2 saturated heterocycles. The van der Waals surface area contributed by atoms with Crippen LogP contribution in [0.2, 0.25) is 0 Å². The van der Waals surface area contributed by atoms with E-state index in [4.69, 9.17) is 4.74 Å². The van der Waals surface area contributed by atoms with Crippen molar-refractivity contribution in [1.82, 2.24) is 19.8 Å². The number of rotatable bonds is 3. The number of aromatic amines is 1. The Bertz CT molecular complexity index is 962. The number of carbonyl (C=O) groups excluding carboxylic acids is 2. The third-order valence-corrected chi connectivity index (χ3v) is 5.73. The Balaban J connectivity index is 1.35. The molecule has 0 atom stereocenters. The lowest BCUT2D eigenvalue weighted by atomic mass is 9.89. The Labute approximate surface area is 162 Å². The van der Waals surface area contributed by atoms with Gasteiger partial charge in [-0.25, -0.2) is 4.98 Å². The largest absolute Gasteiger partial charge is 0.363 e. The van der Waals surface area contributed by atoms with Gasteiger partial charge in [0, 0.05) is 39.5 Å². The molecule has 2 aliphatic heterocycles. The zero-order valence-electron chi connectivity index (χ0n) is 15.9. The van der Waals surface area contributed by atoms with Gasteiger partial charge in [0.25, 0.3) is 5.56 Å². The Morgan fingerprint density at radius 2 is 2.00 bits per heavy atom. The molecule has 0 aliphatic carbocycles. The molecular formula is C20H24N4O4. The lowest BCUT2D eigenvalue weighted by Gasteiger charge is -2.46. The second-order valence-electron chi connectivity index (χ2n) is 7.63. The first-order chi connectivity index (χ1) is 13.5. The molecule has 0 bridgehead atoms. The summed E-state index contributed by atoms with van der Waals surface area (Å²) in [5.41, 5.74) is 1.22. The monoisotopic (exact) mass is 384 g/mol. The lowest BCUT2D eigenvalue weighted by Crippen LogP contribution is -2.58. The molecule has 1 aromatic carbocycles. The molecule has 8 heteroatoms. The van der Waals surface area contributed by atoms with E-state index in [1.54, 1.807) is 18.0 Å². The smallest absolute Gasteiger partial charge is 0.270 e. The highest BCUT2D eigenvalue weighted by Gasteiger charge is 2.41. The summed E-state index contributed by atoms with van der Waals surface area (Å²) in [5, 5.41) is 0. The molecule has 4 rings (SSSR count). The number of ether oxygens (including phenoxy) is 1. The molecule has 1 spiro atoms. The Kier molecular flexibility index (Phi) is 4.89. The van der Waals surface area contributed by atoms with E-state index in [0.717, 1.165) is 5.52 Å². The number of morpholine rings is 1. The molecule has 3 heterocycles. The number of nitrogens with zero attached hydrogens (tertiary/aromatic N) is 3. The summed E-state index contributed by atoms with van der Waals surface area (Å²) in [6.07, 6.45) is 1.99. The van der Waals surface area contributed by atoms with Gasteiger partial charge < -0.3 is 19.5 Å². The molecule has 148 valence electrons. The van der Waals surface area contributed by atoms with Crippen LogP contribution < -0.4 is 5.56 Å². The van der Waals surface area contributed by atoms with Gasteiger partial charge in [-0.15, -0.1) is 0 Å². The maximum atomic E-state index is 12.6. The topological polar surface area (TPSA) is 95.6 Å². The molecule has 8 nitrogen and oxygen atoms in total. The third-order valence-electron chi connectivity index (χ3n) is 5.73. The summed E-state index contributed by atoms with van der Waals surface area (Å²) in [6.45, 7) is 1.88. The normalized spacial score (nSPS) is 19.4. The highest BCUT2D eigenvalue weighted by molar-refractivity contribution is 5.78. The van der Waals surface area contributed by atoms with Crippen molar-refractivity contribution in [1.29, 1.82) is 0 Å². The third kappa shape index (κ3) is 3.64. The first-order valence-electron chi connectivity index (χ1n) is 9.59. The maximum Gasteiger partial charge on any atom is 0.270 e. The second-order valence-corrected chi connectivity index (χ2v) is 7.63. The van der Waals surface area contributed by atoms with Crippen molar-refractivity contribution in [3.05, 3.63) is 40.3 Å². The van der Waals surface area contributed by atoms with E-state index >= 15 is 0 Å². The fourth-order valence-electron chi connectivity index (χ4n) is 3.98. The first kappa shape index (κ1) is 18.6. The number of hydrogen-bond acceptors (Lipinski definition) is 5. The van der Waals surface area contributed by atoms with Gasteiger partial charge in [0.1, 0.15) is 12.3 Å². The standard InChI is InChI=1S/C20H24N4O4/c1-23-13-20(28-12-18(23)26)8-10-24(11-9-20)17(25)7-6-16-19(27)22-15-5-3-2-4-14(15)21-16/h2-5H,6-13H2,1H3,(H,22,27). The second kappa shape index (κ2) is 7.35. The number of H-pyrrole nitrogens is 1. The molecule has 0 saturated carbocycles.